The summed E-state index contributed by atoms with van der Waals surface area (Å²) in [6, 6.07) is 13.7. The molecule has 0 aromatic heterocycles. The Kier molecular flexibility index (Phi) is 7.51. The Bertz CT molecular complexity index is 1050. The van der Waals surface area contributed by atoms with E-state index in [1.807, 2.05) is 12.2 Å². The fraction of sp³-hybridized carbons (Fsp3) is 0.515. The van der Waals surface area contributed by atoms with Crippen LogP contribution in [0, 0.1) is 11.3 Å². The zero-order valence-corrected chi connectivity index (χ0v) is 22.8. The minimum Gasteiger partial charge on any atom is -0.490 e. The van der Waals surface area contributed by atoms with E-state index in [0.717, 1.165) is 50.4 Å². The van der Waals surface area contributed by atoms with Gasteiger partial charge in [-0.3, -0.25) is 0 Å². The molecule has 1 aliphatic carbocycles. The lowest BCUT2D eigenvalue weighted by Gasteiger charge is -2.49. The van der Waals surface area contributed by atoms with Gasteiger partial charge in [0.05, 0.1) is 13.2 Å². The van der Waals surface area contributed by atoms with E-state index in [0.29, 0.717) is 19.1 Å². The Morgan fingerprint density at radius 3 is 1.73 bits per heavy atom. The van der Waals surface area contributed by atoms with Gasteiger partial charge in [-0.05, 0) is 77.8 Å². The van der Waals surface area contributed by atoms with Crippen molar-refractivity contribution in [3.63, 3.8) is 0 Å². The van der Waals surface area contributed by atoms with Gasteiger partial charge in [-0.15, -0.1) is 13.2 Å². The maximum atomic E-state index is 6.16. The van der Waals surface area contributed by atoms with E-state index in [-0.39, 0.29) is 23.0 Å². The average molecular weight is 503 g/mol. The minimum absolute atomic E-state index is 0.0940. The van der Waals surface area contributed by atoms with Crippen LogP contribution in [0.15, 0.2) is 61.7 Å². The fourth-order valence-corrected chi connectivity index (χ4v) is 6.54. The van der Waals surface area contributed by atoms with Crippen LogP contribution in [-0.2, 0) is 27.7 Å². The summed E-state index contributed by atoms with van der Waals surface area (Å²) in [5.41, 5.74) is 5.25. The molecule has 0 radical (unpaired) electrons. The Morgan fingerprint density at radius 1 is 0.838 bits per heavy atom. The molecule has 4 nitrogen and oxygen atoms in total. The molecule has 2 aromatic rings. The third kappa shape index (κ3) is 6.13. The average Bonchev–Trinajstić information content (AvgIpc) is 3.77. The van der Waals surface area contributed by atoms with Gasteiger partial charge in [0.2, 0.25) is 0 Å². The summed E-state index contributed by atoms with van der Waals surface area (Å²) in [5, 5.41) is 0. The third-order valence-electron chi connectivity index (χ3n) is 7.99. The van der Waals surface area contributed by atoms with Crippen LogP contribution in [0.2, 0.25) is 0 Å². The number of hydrogen-bond acceptors (Lipinski definition) is 4. The number of allylic oxidation sites excluding steroid dienone is 2. The Hall–Kier alpha value is -2.56. The first-order valence-corrected chi connectivity index (χ1v) is 13.8. The minimum atomic E-state index is -0.0940. The number of epoxide rings is 2. The molecule has 3 fully saturated rings. The van der Waals surface area contributed by atoms with Gasteiger partial charge in [0.15, 0.2) is 0 Å². The van der Waals surface area contributed by atoms with Crippen molar-refractivity contribution in [2.75, 3.05) is 26.4 Å². The van der Waals surface area contributed by atoms with Crippen molar-refractivity contribution in [3.8, 4) is 11.5 Å². The zero-order chi connectivity index (χ0) is 26.0. The summed E-state index contributed by atoms with van der Waals surface area (Å²) in [7, 11) is 0. The molecule has 5 rings (SSSR count). The van der Waals surface area contributed by atoms with E-state index in [4.69, 9.17) is 18.9 Å². The molecule has 2 saturated heterocycles. The number of rotatable bonds is 12. The van der Waals surface area contributed by atoms with E-state index in [1.165, 1.54) is 28.7 Å². The third-order valence-corrected chi connectivity index (χ3v) is 7.99. The van der Waals surface area contributed by atoms with Crippen LogP contribution >= 0.6 is 0 Å². The van der Waals surface area contributed by atoms with Crippen molar-refractivity contribution in [2.24, 2.45) is 11.3 Å². The van der Waals surface area contributed by atoms with Crippen LogP contribution in [0.3, 0.4) is 0 Å². The van der Waals surface area contributed by atoms with E-state index in [1.54, 1.807) is 0 Å². The topological polar surface area (TPSA) is 43.5 Å². The first kappa shape index (κ1) is 26.1. The van der Waals surface area contributed by atoms with Gasteiger partial charge in [0.1, 0.15) is 36.9 Å². The largest absolute Gasteiger partial charge is 0.490 e. The predicted octanol–water partition coefficient (Wildman–Crippen LogP) is 6.83. The second-order valence-electron chi connectivity index (χ2n) is 12.1. The van der Waals surface area contributed by atoms with Gasteiger partial charge in [-0.25, -0.2) is 0 Å². The molecule has 3 aliphatic rings. The predicted molar refractivity (Wildman–Crippen MR) is 149 cm³/mol. The molecule has 0 spiro atoms. The van der Waals surface area contributed by atoms with Crippen LogP contribution in [0.25, 0.3) is 0 Å². The van der Waals surface area contributed by atoms with Crippen molar-refractivity contribution in [3.05, 3.63) is 84.0 Å². The number of ether oxygens (including phenoxy) is 4. The maximum absolute atomic E-state index is 6.16. The molecule has 0 N–H and O–H groups in total. The van der Waals surface area contributed by atoms with Gasteiger partial charge in [-0.2, -0.15) is 0 Å². The monoisotopic (exact) mass is 502 g/mol. The maximum Gasteiger partial charge on any atom is 0.122 e. The molecule has 2 heterocycles. The Labute approximate surface area is 222 Å². The molecule has 0 bridgehead atoms. The summed E-state index contributed by atoms with van der Waals surface area (Å²) in [5.74, 6) is 2.49. The summed E-state index contributed by atoms with van der Waals surface area (Å²) >= 11 is 0. The van der Waals surface area contributed by atoms with Crippen molar-refractivity contribution in [1.29, 1.82) is 0 Å². The van der Waals surface area contributed by atoms with Crippen molar-refractivity contribution in [1.82, 2.24) is 0 Å². The van der Waals surface area contributed by atoms with Crippen molar-refractivity contribution < 1.29 is 18.9 Å². The first-order chi connectivity index (χ1) is 17.8. The van der Waals surface area contributed by atoms with Crippen molar-refractivity contribution >= 4 is 0 Å². The molecule has 3 unspecified atom stereocenters. The van der Waals surface area contributed by atoms with E-state index < -0.39 is 0 Å². The molecule has 4 heteroatoms. The van der Waals surface area contributed by atoms with Crippen LogP contribution in [0.4, 0.5) is 0 Å². The number of benzene rings is 2. The van der Waals surface area contributed by atoms with Crippen LogP contribution in [-0.4, -0.2) is 38.6 Å². The molecular weight excluding hydrogens is 460 g/mol. The molecule has 37 heavy (non-hydrogen) atoms. The Morgan fingerprint density at radius 2 is 1.32 bits per heavy atom. The lowest BCUT2D eigenvalue weighted by atomic mass is 9.55. The SMILES string of the molecule is C=CCc1cc(C2(c3ccc(OCC4CO4)c(CC=C)c3)CC(C)CC(C)(C)C2)ccc1OCC1CO1. The van der Waals surface area contributed by atoms with Gasteiger partial charge < -0.3 is 18.9 Å². The highest BCUT2D eigenvalue weighted by Crippen LogP contribution is 2.54. The summed E-state index contributed by atoms with van der Waals surface area (Å²) in [4.78, 5) is 0. The second kappa shape index (κ2) is 10.7. The summed E-state index contributed by atoms with van der Waals surface area (Å²) in [6.07, 6.45) is 9.41. The highest BCUT2D eigenvalue weighted by molar-refractivity contribution is 5.50. The van der Waals surface area contributed by atoms with Gasteiger partial charge in [0, 0.05) is 5.41 Å². The standard InChI is InChI=1S/C33H42O4/c1-6-8-24-14-26(10-12-30(24)36-20-28-18-34-28)33(17-23(3)16-32(4,5)22-33)27-11-13-31(25(15-27)9-7-2)37-21-29-19-35-29/h6-7,10-15,23,28-29H,1-2,8-9,16-22H2,3-5H3. The van der Waals surface area contributed by atoms with Crippen LogP contribution < -0.4 is 9.47 Å². The van der Waals surface area contributed by atoms with Crippen LogP contribution in [0.1, 0.15) is 62.3 Å². The quantitative estimate of drug-likeness (QED) is 0.236. The number of hydrogen-bond donors (Lipinski definition) is 0. The highest BCUT2D eigenvalue weighted by Gasteiger charge is 2.45. The molecular formula is C33H42O4. The van der Waals surface area contributed by atoms with E-state index in [2.05, 4.69) is 70.3 Å². The normalized spacial score (nSPS) is 27.8. The first-order valence-electron chi connectivity index (χ1n) is 13.8. The molecule has 198 valence electrons. The smallest absolute Gasteiger partial charge is 0.122 e. The van der Waals surface area contributed by atoms with E-state index in [9.17, 15) is 0 Å². The summed E-state index contributed by atoms with van der Waals surface area (Å²) in [6.45, 7) is 18.1. The van der Waals surface area contributed by atoms with Crippen LogP contribution in [0.5, 0.6) is 11.5 Å². The van der Waals surface area contributed by atoms with E-state index >= 15 is 0 Å². The fourth-order valence-electron chi connectivity index (χ4n) is 6.54. The molecule has 2 aliphatic heterocycles. The molecule has 1 saturated carbocycles. The lowest BCUT2D eigenvalue weighted by molar-refractivity contribution is 0.126. The molecule has 3 atom stereocenters. The molecule has 0 amide bonds. The van der Waals surface area contributed by atoms with Gasteiger partial charge in [-0.1, -0.05) is 57.2 Å². The van der Waals surface area contributed by atoms with Gasteiger partial charge in [0.25, 0.3) is 0 Å². The zero-order valence-electron chi connectivity index (χ0n) is 22.8. The second-order valence-corrected chi connectivity index (χ2v) is 12.1. The van der Waals surface area contributed by atoms with Gasteiger partial charge >= 0.3 is 0 Å². The Balaban J connectivity index is 1.56. The molecule has 2 aromatic carbocycles. The van der Waals surface area contributed by atoms with Crippen molar-refractivity contribution in [2.45, 2.75) is 70.5 Å². The highest BCUT2D eigenvalue weighted by atomic mass is 16.6. The summed E-state index contributed by atoms with van der Waals surface area (Å²) < 4.78 is 23.1. The lowest BCUT2D eigenvalue weighted by Crippen LogP contribution is -2.41.